The summed E-state index contributed by atoms with van der Waals surface area (Å²) in [6, 6.07) is -1.74. The first-order chi connectivity index (χ1) is 9.88. The molecule has 0 aliphatic heterocycles. The number of nitrogens with two attached hydrogens (primary N) is 1. The predicted octanol–water partition coefficient (Wildman–Crippen LogP) is 3.55. The molecule has 130 valence electrons. The molecule has 22 heavy (non-hydrogen) atoms. The highest BCUT2D eigenvalue weighted by molar-refractivity contribution is 5.85. The summed E-state index contributed by atoms with van der Waals surface area (Å²) >= 11 is 0. The van der Waals surface area contributed by atoms with Crippen LogP contribution in [0.3, 0.4) is 0 Å². The second-order valence-electron chi connectivity index (χ2n) is 6.54. The lowest BCUT2D eigenvalue weighted by atomic mass is 9.83. The molecule has 0 aromatic rings. The van der Waals surface area contributed by atoms with Crippen LogP contribution in [0.5, 0.6) is 0 Å². The van der Waals surface area contributed by atoms with Crippen molar-refractivity contribution < 1.29 is 18.0 Å². The molecule has 0 heterocycles. The van der Waals surface area contributed by atoms with E-state index in [-0.39, 0.29) is 30.8 Å². The third kappa shape index (κ3) is 5.30. The minimum atomic E-state index is -4.37. The lowest BCUT2D eigenvalue weighted by molar-refractivity contribution is -0.174. The Kier molecular flexibility index (Phi) is 7.46. The average Bonchev–Trinajstić information content (AvgIpc) is 2.81. The summed E-state index contributed by atoms with van der Waals surface area (Å²) in [6.07, 6.45) is 2.16. The summed E-state index contributed by atoms with van der Waals surface area (Å²) in [7, 11) is 0. The maximum atomic E-state index is 13.2. The molecule has 0 saturated heterocycles. The van der Waals surface area contributed by atoms with E-state index in [4.69, 9.17) is 5.73 Å². The standard InChI is InChI=1S/C15H25F3N2O.ClH/c16-15(17,18)14(10-5-2-1-3-6-10)20-13(21)9-11-7-4-8-12(11)19;/h10-12,14H,1-9,19H2,(H,20,21);1H/t11-,12+,14?;/m0./s1. The van der Waals surface area contributed by atoms with E-state index in [1.165, 1.54) is 0 Å². The van der Waals surface area contributed by atoms with Gasteiger partial charge in [0.15, 0.2) is 0 Å². The van der Waals surface area contributed by atoms with Gasteiger partial charge in [0, 0.05) is 12.5 Å². The fraction of sp³-hybridized carbons (Fsp3) is 0.933. The van der Waals surface area contributed by atoms with E-state index >= 15 is 0 Å². The van der Waals surface area contributed by atoms with Gasteiger partial charge in [0.25, 0.3) is 0 Å². The number of alkyl halides is 3. The third-order valence-electron chi connectivity index (χ3n) is 4.96. The van der Waals surface area contributed by atoms with E-state index in [1.54, 1.807) is 0 Å². The maximum Gasteiger partial charge on any atom is 0.408 e. The molecule has 2 aliphatic carbocycles. The molecule has 2 aliphatic rings. The van der Waals surface area contributed by atoms with Crippen LogP contribution in [-0.2, 0) is 4.79 Å². The van der Waals surface area contributed by atoms with E-state index < -0.39 is 24.0 Å². The van der Waals surface area contributed by atoms with Gasteiger partial charge < -0.3 is 11.1 Å². The second kappa shape index (κ2) is 8.39. The molecule has 3 nitrogen and oxygen atoms in total. The Labute approximate surface area is 136 Å². The molecule has 7 heteroatoms. The number of hydrogen-bond donors (Lipinski definition) is 2. The summed E-state index contributed by atoms with van der Waals surface area (Å²) in [5.74, 6) is -0.935. The fourth-order valence-corrected chi connectivity index (χ4v) is 3.72. The van der Waals surface area contributed by atoms with Crippen molar-refractivity contribution >= 4 is 18.3 Å². The smallest absolute Gasteiger partial charge is 0.344 e. The Hall–Kier alpha value is -0.490. The van der Waals surface area contributed by atoms with Crippen molar-refractivity contribution in [1.29, 1.82) is 0 Å². The summed E-state index contributed by atoms with van der Waals surface area (Å²) in [5.41, 5.74) is 5.88. The molecular formula is C15H26ClF3N2O. The van der Waals surface area contributed by atoms with Gasteiger partial charge in [-0.15, -0.1) is 12.4 Å². The van der Waals surface area contributed by atoms with Crippen LogP contribution in [-0.4, -0.2) is 24.2 Å². The van der Waals surface area contributed by atoms with Gasteiger partial charge in [-0.3, -0.25) is 4.79 Å². The van der Waals surface area contributed by atoms with Crippen LogP contribution in [0.2, 0.25) is 0 Å². The predicted molar refractivity (Wildman–Crippen MR) is 81.7 cm³/mol. The largest absolute Gasteiger partial charge is 0.408 e. The zero-order chi connectivity index (χ0) is 15.5. The molecule has 1 amide bonds. The van der Waals surface area contributed by atoms with Gasteiger partial charge in [-0.05, 0) is 37.5 Å². The summed E-state index contributed by atoms with van der Waals surface area (Å²) in [5, 5.41) is 2.25. The second-order valence-corrected chi connectivity index (χ2v) is 6.54. The first-order valence-electron chi connectivity index (χ1n) is 7.99. The SMILES string of the molecule is Cl.N[C@@H]1CCC[C@H]1CC(=O)NC(C1CCCCC1)C(F)(F)F. The third-order valence-corrected chi connectivity index (χ3v) is 4.96. The Morgan fingerprint density at radius 2 is 1.73 bits per heavy atom. The minimum absolute atomic E-state index is 0. The molecule has 0 bridgehead atoms. The van der Waals surface area contributed by atoms with Gasteiger partial charge in [-0.2, -0.15) is 13.2 Å². The number of nitrogens with one attached hydrogen (secondary N) is 1. The highest BCUT2D eigenvalue weighted by Gasteiger charge is 2.45. The number of halogens is 4. The van der Waals surface area contributed by atoms with E-state index in [1.807, 2.05) is 0 Å². The van der Waals surface area contributed by atoms with Crippen LogP contribution in [0, 0.1) is 11.8 Å². The van der Waals surface area contributed by atoms with Crippen molar-refractivity contribution in [3.05, 3.63) is 0 Å². The maximum absolute atomic E-state index is 13.2. The van der Waals surface area contributed by atoms with Crippen LogP contribution >= 0.6 is 12.4 Å². The van der Waals surface area contributed by atoms with Crippen molar-refractivity contribution in [2.75, 3.05) is 0 Å². The highest BCUT2D eigenvalue weighted by Crippen LogP contribution is 2.35. The Morgan fingerprint density at radius 3 is 2.23 bits per heavy atom. The molecular weight excluding hydrogens is 317 g/mol. The van der Waals surface area contributed by atoms with Crippen molar-refractivity contribution in [2.45, 2.75) is 76.0 Å². The monoisotopic (exact) mass is 342 g/mol. The molecule has 2 saturated carbocycles. The van der Waals surface area contributed by atoms with Gasteiger partial charge in [-0.1, -0.05) is 25.7 Å². The van der Waals surface area contributed by atoms with Crippen LogP contribution < -0.4 is 11.1 Å². The van der Waals surface area contributed by atoms with Crippen molar-refractivity contribution in [3.8, 4) is 0 Å². The minimum Gasteiger partial charge on any atom is -0.344 e. The first kappa shape index (κ1) is 19.6. The molecule has 0 aromatic carbocycles. The zero-order valence-electron chi connectivity index (χ0n) is 12.7. The van der Waals surface area contributed by atoms with Crippen molar-refractivity contribution in [2.24, 2.45) is 17.6 Å². The number of carbonyl (C=O) groups is 1. The quantitative estimate of drug-likeness (QED) is 0.820. The Balaban J connectivity index is 0.00000242. The van der Waals surface area contributed by atoms with Gasteiger partial charge in [0.2, 0.25) is 5.91 Å². The number of carbonyl (C=O) groups excluding carboxylic acids is 1. The first-order valence-corrected chi connectivity index (χ1v) is 7.99. The number of rotatable bonds is 4. The van der Waals surface area contributed by atoms with Gasteiger partial charge in [0.1, 0.15) is 6.04 Å². The lowest BCUT2D eigenvalue weighted by Crippen LogP contribution is -2.51. The summed E-state index contributed by atoms with van der Waals surface area (Å²) in [4.78, 5) is 12.0. The van der Waals surface area contributed by atoms with Crippen LogP contribution in [0.1, 0.15) is 57.8 Å². The van der Waals surface area contributed by atoms with E-state index in [0.29, 0.717) is 12.8 Å². The molecule has 2 rings (SSSR count). The lowest BCUT2D eigenvalue weighted by Gasteiger charge is -2.32. The number of amides is 1. The van der Waals surface area contributed by atoms with E-state index in [2.05, 4.69) is 5.32 Å². The van der Waals surface area contributed by atoms with Crippen LogP contribution in [0.25, 0.3) is 0 Å². The van der Waals surface area contributed by atoms with E-state index in [9.17, 15) is 18.0 Å². The van der Waals surface area contributed by atoms with Crippen molar-refractivity contribution in [1.82, 2.24) is 5.32 Å². The van der Waals surface area contributed by atoms with Gasteiger partial charge in [0.05, 0.1) is 0 Å². The zero-order valence-corrected chi connectivity index (χ0v) is 13.5. The van der Waals surface area contributed by atoms with Gasteiger partial charge in [-0.25, -0.2) is 0 Å². The van der Waals surface area contributed by atoms with Crippen LogP contribution in [0.15, 0.2) is 0 Å². The molecule has 3 N–H and O–H groups in total. The number of hydrogen-bond acceptors (Lipinski definition) is 2. The topological polar surface area (TPSA) is 55.1 Å². The normalized spacial score (nSPS) is 28.0. The molecule has 2 fully saturated rings. The Morgan fingerprint density at radius 1 is 1.09 bits per heavy atom. The molecule has 0 radical (unpaired) electrons. The molecule has 3 atom stereocenters. The molecule has 0 aromatic heterocycles. The summed E-state index contributed by atoms with van der Waals surface area (Å²) < 4.78 is 39.6. The van der Waals surface area contributed by atoms with Gasteiger partial charge >= 0.3 is 6.18 Å². The highest BCUT2D eigenvalue weighted by atomic mass is 35.5. The van der Waals surface area contributed by atoms with E-state index in [0.717, 1.165) is 38.5 Å². The molecule has 1 unspecified atom stereocenters. The Bertz CT molecular complexity index is 359. The fourth-order valence-electron chi connectivity index (χ4n) is 3.72. The average molecular weight is 343 g/mol. The van der Waals surface area contributed by atoms with Crippen LogP contribution in [0.4, 0.5) is 13.2 Å². The van der Waals surface area contributed by atoms with Crippen molar-refractivity contribution in [3.63, 3.8) is 0 Å². The molecule has 0 spiro atoms. The summed E-state index contributed by atoms with van der Waals surface area (Å²) in [6.45, 7) is 0.